The van der Waals surface area contributed by atoms with Crippen molar-refractivity contribution in [1.29, 1.82) is 0 Å². The van der Waals surface area contributed by atoms with E-state index in [1.165, 1.54) is 0 Å². The molecular weight excluding hydrogens is 434 g/mol. The summed E-state index contributed by atoms with van der Waals surface area (Å²) in [7, 11) is 0. The number of carbonyl (C=O) groups excluding carboxylic acids is 2. The molecule has 0 radical (unpaired) electrons. The van der Waals surface area contributed by atoms with Crippen molar-refractivity contribution in [3.05, 3.63) is 70.1 Å². The SMILES string of the molecule is CCOc1ccc2ccc(OCC)c(/C=C3\SC(=O)N(c4cccc(Cl)c4)C3=O)c2c1. The molecule has 0 unspecified atom stereocenters. The number of imide groups is 1. The van der Waals surface area contributed by atoms with Crippen LogP contribution in [0.3, 0.4) is 0 Å². The second-order valence-corrected chi connectivity index (χ2v) is 8.15. The summed E-state index contributed by atoms with van der Waals surface area (Å²) < 4.78 is 11.5. The topological polar surface area (TPSA) is 55.8 Å². The van der Waals surface area contributed by atoms with E-state index in [1.807, 2.05) is 44.2 Å². The summed E-state index contributed by atoms with van der Waals surface area (Å²) in [5.41, 5.74) is 1.18. The van der Waals surface area contributed by atoms with Crippen LogP contribution in [0.25, 0.3) is 16.8 Å². The Labute approximate surface area is 189 Å². The van der Waals surface area contributed by atoms with Gasteiger partial charge in [-0.25, -0.2) is 4.90 Å². The van der Waals surface area contributed by atoms with Gasteiger partial charge in [0.2, 0.25) is 0 Å². The highest BCUT2D eigenvalue weighted by atomic mass is 35.5. The average Bonchev–Trinajstić information content (AvgIpc) is 3.03. The van der Waals surface area contributed by atoms with E-state index in [1.54, 1.807) is 30.3 Å². The lowest BCUT2D eigenvalue weighted by molar-refractivity contribution is -0.113. The molecule has 7 heteroatoms. The summed E-state index contributed by atoms with van der Waals surface area (Å²) >= 11 is 6.94. The van der Waals surface area contributed by atoms with E-state index < -0.39 is 5.91 Å². The minimum absolute atomic E-state index is 0.320. The molecule has 0 aliphatic carbocycles. The quantitative estimate of drug-likeness (QED) is 0.397. The fourth-order valence-corrected chi connectivity index (χ4v) is 4.43. The lowest BCUT2D eigenvalue weighted by Crippen LogP contribution is -2.27. The predicted octanol–water partition coefficient (Wildman–Crippen LogP) is 6.53. The molecule has 4 rings (SSSR count). The zero-order valence-electron chi connectivity index (χ0n) is 17.1. The molecule has 1 aliphatic heterocycles. The van der Waals surface area contributed by atoms with Crippen LogP contribution in [0.15, 0.2) is 59.5 Å². The number of benzene rings is 3. The van der Waals surface area contributed by atoms with E-state index >= 15 is 0 Å². The van der Waals surface area contributed by atoms with Crippen molar-refractivity contribution < 1.29 is 19.1 Å². The van der Waals surface area contributed by atoms with Crippen molar-refractivity contribution in [2.75, 3.05) is 18.1 Å². The van der Waals surface area contributed by atoms with Crippen molar-refractivity contribution in [3.63, 3.8) is 0 Å². The predicted molar refractivity (Wildman–Crippen MR) is 126 cm³/mol. The van der Waals surface area contributed by atoms with E-state index in [2.05, 4.69) is 0 Å². The van der Waals surface area contributed by atoms with Gasteiger partial charge < -0.3 is 9.47 Å². The lowest BCUT2D eigenvalue weighted by atomic mass is 10.0. The number of nitrogens with zero attached hydrogens (tertiary/aromatic N) is 1. The minimum atomic E-state index is -0.391. The van der Waals surface area contributed by atoms with Gasteiger partial charge in [-0.15, -0.1) is 0 Å². The molecule has 3 aromatic rings. The third-order valence-corrected chi connectivity index (χ3v) is 5.85. The largest absolute Gasteiger partial charge is 0.494 e. The normalized spacial score (nSPS) is 15.2. The number of hydrogen-bond donors (Lipinski definition) is 0. The molecule has 1 fully saturated rings. The first-order valence-electron chi connectivity index (χ1n) is 9.87. The molecule has 31 heavy (non-hydrogen) atoms. The third kappa shape index (κ3) is 4.27. The summed E-state index contributed by atoms with van der Waals surface area (Å²) in [5, 5.41) is 1.95. The Morgan fingerprint density at radius 2 is 1.77 bits per heavy atom. The summed E-state index contributed by atoms with van der Waals surface area (Å²) in [6, 6.07) is 16.3. The molecule has 0 atom stereocenters. The smallest absolute Gasteiger partial charge is 0.298 e. The number of fused-ring (bicyclic) bond motifs is 1. The van der Waals surface area contributed by atoms with Crippen molar-refractivity contribution in [3.8, 4) is 11.5 Å². The summed E-state index contributed by atoms with van der Waals surface area (Å²) in [6.07, 6.45) is 1.72. The Morgan fingerprint density at radius 1 is 1.00 bits per heavy atom. The molecular formula is C24H20ClNO4S. The lowest BCUT2D eigenvalue weighted by Gasteiger charge is -2.13. The molecule has 0 aromatic heterocycles. The van der Waals surface area contributed by atoms with E-state index in [9.17, 15) is 9.59 Å². The molecule has 1 heterocycles. The molecule has 158 valence electrons. The van der Waals surface area contributed by atoms with Gasteiger partial charge in [-0.3, -0.25) is 9.59 Å². The first-order chi connectivity index (χ1) is 15.0. The van der Waals surface area contributed by atoms with Gasteiger partial charge in [-0.1, -0.05) is 29.8 Å². The van der Waals surface area contributed by atoms with Crippen molar-refractivity contribution in [1.82, 2.24) is 0 Å². The highest BCUT2D eigenvalue weighted by Crippen LogP contribution is 2.39. The maximum absolute atomic E-state index is 13.1. The Bertz CT molecular complexity index is 1200. The highest BCUT2D eigenvalue weighted by molar-refractivity contribution is 8.19. The van der Waals surface area contributed by atoms with Gasteiger partial charge >= 0.3 is 0 Å². The number of amides is 2. The van der Waals surface area contributed by atoms with Gasteiger partial charge in [0, 0.05) is 10.6 Å². The zero-order valence-corrected chi connectivity index (χ0v) is 18.6. The van der Waals surface area contributed by atoms with Crippen LogP contribution in [0.5, 0.6) is 11.5 Å². The Morgan fingerprint density at radius 3 is 2.52 bits per heavy atom. The number of thioether (sulfide) groups is 1. The average molecular weight is 454 g/mol. The second-order valence-electron chi connectivity index (χ2n) is 6.72. The van der Waals surface area contributed by atoms with E-state index in [0.29, 0.717) is 34.6 Å². The molecule has 3 aromatic carbocycles. The van der Waals surface area contributed by atoms with Gasteiger partial charge in [0.05, 0.1) is 23.8 Å². The van der Waals surface area contributed by atoms with Gasteiger partial charge in [0.15, 0.2) is 0 Å². The van der Waals surface area contributed by atoms with Crippen LogP contribution in [-0.2, 0) is 4.79 Å². The van der Waals surface area contributed by atoms with E-state index in [4.69, 9.17) is 21.1 Å². The van der Waals surface area contributed by atoms with Crippen molar-refractivity contribution >= 4 is 57.0 Å². The first kappa shape index (κ1) is 21.3. The van der Waals surface area contributed by atoms with Gasteiger partial charge in [0.25, 0.3) is 11.1 Å². The molecule has 0 N–H and O–H groups in total. The number of rotatable bonds is 6. The zero-order chi connectivity index (χ0) is 22.0. The first-order valence-corrected chi connectivity index (χ1v) is 11.1. The Hall–Kier alpha value is -2.96. The van der Waals surface area contributed by atoms with Crippen LogP contribution in [0, 0.1) is 0 Å². The van der Waals surface area contributed by atoms with Gasteiger partial charge in [-0.05, 0) is 78.9 Å². The number of halogens is 1. The van der Waals surface area contributed by atoms with Crippen LogP contribution in [-0.4, -0.2) is 24.4 Å². The molecule has 1 saturated heterocycles. The minimum Gasteiger partial charge on any atom is -0.494 e. The number of ether oxygens (including phenoxy) is 2. The summed E-state index contributed by atoms with van der Waals surface area (Å²) in [6.45, 7) is 4.84. The van der Waals surface area contributed by atoms with Gasteiger partial charge in [0.1, 0.15) is 11.5 Å². The third-order valence-electron chi connectivity index (χ3n) is 4.74. The highest BCUT2D eigenvalue weighted by Gasteiger charge is 2.36. The van der Waals surface area contributed by atoms with Crippen LogP contribution in [0.2, 0.25) is 5.02 Å². The summed E-state index contributed by atoms with van der Waals surface area (Å²) in [4.78, 5) is 27.2. The molecule has 5 nitrogen and oxygen atoms in total. The Balaban J connectivity index is 1.82. The number of hydrogen-bond acceptors (Lipinski definition) is 5. The van der Waals surface area contributed by atoms with Crippen molar-refractivity contribution in [2.45, 2.75) is 13.8 Å². The van der Waals surface area contributed by atoms with Crippen LogP contribution in [0.1, 0.15) is 19.4 Å². The van der Waals surface area contributed by atoms with E-state index in [-0.39, 0.29) is 5.24 Å². The van der Waals surface area contributed by atoms with Crippen LogP contribution < -0.4 is 14.4 Å². The van der Waals surface area contributed by atoms with Crippen molar-refractivity contribution in [2.24, 2.45) is 0 Å². The Kier molecular flexibility index (Phi) is 6.20. The van der Waals surface area contributed by atoms with E-state index in [0.717, 1.165) is 38.7 Å². The fourth-order valence-electron chi connectivity index (χ4n) is 3.43. The maximum Gasteiger partial charge on any atom is 0.298 e. The molecule has 0 spiro atoms. The van der Waals surface area contributed by atoms with Crippen LogP contribution in [0.4, 0.5) is 10.5 Å². The summed E-state index contributed by atoms with van der Waals surface area (Å²) in [5.74, 6) is 0.973. The monoisotopic (exact) mass is 453 g/mol. The number of anilines is 1. The number of carbonyl (C=O) groups is 2. The second kappa shape index (κ2) is 9.04. The molecule has 1 aliphatic rings. The molecule has 0 bridgehead atoms. The van der Waals surface area contributed by atoms with Gasteiger partial charge in [-0.2, -0.15) is 0 Å². The standard InChI is InChI=1S/C24H20ClNO4S/c1-3-29-18-10-8-15-9-11-21(30-4-2)20(19(15)13-18)14-22-23(27)26(24(28)31-22)17-7-5-6-16(25)12-17/h5-14H,3-4H2,1-2H3/b22-14-. The van der Waals surface area contributed by atoms with Crippen LogP contribution >= 0.6 is 23.4 Å². The molecule has 2 amide bonds. The molecule has 0 saturated carbocycles. The maximum atomic E-state index is 13.1. The fraction of sp³-hybridized carbons (Fsp3) is 0.167.